The van der Waals surface area contributed by atoms with Gasteiger partial charge in [-0.25, -0.2) is 0 Å². The first kappa shape index (κ1) is 32.8. The maximum Gasteiger partial charge on any atom is 0.181 e. The second-order valence-electron chi connectivity index (χ2n) is 15.2. The smallest absolute Gasteiger partial charge is 0.181 e. The molecule has 272 valence electrons. The van der Waals surface area contributed by atoms with Gasteiger partial charge in [-0.3, -0.25) is 0 Å². The van der Waals surface area contributed by atoms with Gasteiger partial charge in [-0.1, -0.05) is 176 Å². The predicted octanol–water partition coefficient (Wildman–Crippen LogP) is 11.2. The van der Waals surface area contributed by atoms with Crippen LogP contribution in [0.25, 0.3) is 76.9 Å². The fourth-order valence-electron chi connectivity index (χ4n) is 9.92. The Kier molecular flexibility index (Phi) is 7.25. The summed E-state index contributed by atoms with van der Waals surface area (Å²) in [5.74, 6) is 0. The number of hydrogen-bond acceptors (Lipinski definition) is 1. The van der Waals surface area contributed by atoms with Crippen LogP contribution in [0.3, 0.4) is 0 Å². The molecule has 0 aliphatic carbocycles. The Morgan fingerprint density at radius 1 is 0.345 bits per heavy atom. The van der Waals surface area contributed by atoms with Crippen LogP contribution in [-0.2, 0) is 0 Å². The third-order valence-corrected chi connectivity index (χ3v) is 17.1. The molecule has 3 nitrogen and oxygen atoms in total. The van der Waals surface area contributed by atoms with Crippen molar-refractivity contribution in [1.82, 2.24) is 9.13 Å². The van der Waals surface area contributed by atoms with Gasteiger partial charge in [0.25, 0.3) is 0 Å². The maximum absolute atomic E-state index is 6.44. The van der Waals surface area contributed by atoms with E-state index in [-0.39, 0.29) is 0 Å². The summed E-state index contributed by atoms with van der Waals surface area (Å²) >= 11 is 0. The van der Waals surface area contributed by atoms with Crippen LogP contribution in [0.5, 0.6) is 0 Å². The molecule has 0 saturated carbocycles. The molecule has 4 heteroatoms. The summed E-state index contributed by atoms with van der Waals surface area (Å²) in [6.07, 6.45) is 0. The monoisotopic (exact) mass is 756 g/mol. The Morgan fingerprint density at radius 2 is 0.845 bits per heavy atom. The number of fused-ring (bicyclic) bond motifs is 9. The maximum atomic E-state index is 6.44. The second kappa shape index (κ2) is 12.8. The largest absolute Gasteiger partial charge is 0.456 e. The highest BCUT2D eigenvalue weighted by atomic mass is 28.3. The Bertz CT molecular complexity index is 3410. The highest BCUT2D eigenvalue weighted by Gasteiger charge is 2.43. The van der Waals surface area contributed by atoms with Gasteiger partial charge < -0.3 is 13.6 Å². The van der Waals surface area contributed by atoms with Crippen LogP contribution < -0.4 is 20.7 Å². The standard InChI is InChI=1S/C54H36N2OSi/c1-4-18-38(19-5-1)58(39-20-6-2-7-21-39,40-22-8-3-9-23-40)52-33-16-27-44-42-25-11-13-28-46(42)55(54(44)52)37-34-35-43-41-24-10-14-29-47(41)56(49(43)36-37)48-30-17-32-51-53(48)45-26-12-15-31-50(45)57-51/h1-36H. The summed E-state index contributed by atoms with van der Waals surface area (Å²) < 4.78 is 11.4. The lowest BCUT2D eigenvalue weighted by atomic mass is 10.1. The molecular formula is C54H36N2OSi. The SMILES string of the molecule is c1ccc([Si](c2ccccc2)(c2ccccc2)c2cccc3c4ccccc4n(-c4ccc5c6ccccc6n(-c6cccc7oc8ccccc8c67)c5c4)c23)cc1. The number of rotatable bonds is 6. The van der Waals surface area contributed by atoms with E-state index in [9.17, 15) is 0 Å². The van der Waals surface area contributed by atoms with Crippen LogP contribution in [0.15, 0.2) is 223 Å². The third kappa shape index (κ3) is 4.61. The molecule has 3 aromatic heterocycles. The minimum Gasteiger partial charge on any atom is -0.456 e. The second-order valence-corrected chi connectivity index (χ2v) is 19.0. The van der Waals surface area contributed by atoms with Gasteiger partial charge in [0.2, 0.25) is 0 Å². The molecular weight excluding hydrogens is 721 g/mol. The molecule has 3 heterocycles. The zero-order chi connectivity index (χ0) is 38.2. The van der Waals surface area contributed by atoms with Crippen molar-refractivity contribution in [3.8, 4) is 11.4 Å². The Balaban J connectivity index is 1.23. The van der Waals surface area contributed by atoms with Crippen LogP contribution in [-0.4, -0.2) is 17.2 Å². The zero-order valence-electron chi connectivity index (χ0n) is 31.6. The van der Waals surface area contributed by atoms with E-state index in [0.717, 1.165) is 38.8 Å². The first-order chi connectivity index (χ1) is 28.8. The van der Waals surface area contributed by atoms with Crippen LogP contribution in [0.1, 0.15) is 0 Å². The van der Waals surface area contributed by atoms with E-state index >= 15 is 0 Å². The van der Waals surface area contributed by atoms with Crippen molar-refractivity contribution in [2.24, 2.45) is 0 Å². The van der Waals surface area contributed by atoms with Crippen LogP contribution in [0.4, 0.5) is 0 Å². The van der Waals surface area contributed by atoms with E-state index < -0.39 is 8.07 Å². The van der Waals surface area contributed by atoms with Gasteiger partial charge >= 0.3 is 0 Å². The lowest BCUT2D eigenvalue weighted by molar-refractivity contribution is 0.669. The number of nitrogens with zero attached hydrogens (tertiary/aromatic N) is 2. The van der Waals surface area contributed by atoms with Crippen molar-refractivity contribution >= 4 is 94.4 Å². The van der Waals surface area contributed by atoms with E-state index in [4.69, 9.17) is 4.42 Å². The molecule has 0 radical (unpaired) electrons. The summed E-state index contributed by atoms with van der Waals surface area (Å²) in [6.45, 7) is 0. The van der Waals surface area contributed by atoms with E-state index in [1.807, 2.05) is 6.07 Å². The molecule has 0 N–H and O–H groups in total. The average molecular weight is 757 g/mol. The molecule has 0 fully saturated rings. The summed E-state index contributed by atoms with van der Waals surface area (Å²) in [6, 6.07) is 80.3. The van der Waals surface area contributed by atoms with Gasteiger partial charge in [0, 0.05) is 32.6 Å². The fraction of sp³-hybridized carbons (Fsp3) is 0. The Labute approximate surface area is 336 Å². The normalized spacial score (nSPS) is 12.1. The van der Waals surface area contributed by atoms with Crippen LogP contribution in [0, 0.1) is 0 Å². The summed E-state index contributed by atoms with van der Waals surface area (Å²) in [5.41, 5.74) is 8.76. The lowest BCUT2D eigenvalue weighted by Gasteiger charge is -2.35. The Morgan fingerprint density at radius 3 is 1.52 bits per heavy atom. The molecule has 0 amide bonds. The van der Waals surface area contributed by atoms with Crippen molar-refractivity contribution in [2.75, 3.05) is 0 Å². The summed E-state index contributed by atoms with van der Waals surface area (Å²) in [4.78, 5) is 0. The van der Waals surface area contributed by atoms with Crippen molar-refractivity contribution in [1.29, 1.82) is 0 Å². The van der Waals surface area contributed by atoms with Gasteiger partial charge in [0.1, 0.15) is 11.2 Å². The highest BCUT2D eigenvalue weighted by molar-refractivity contribution is 7.20. The summed E-state index contributed by atoms with van der Waals surface area (Å²) in [7, 11) is -2.92. The quantitative estimate of drug-likeness (QED) is 0.122. The lowest BCUT2D eigenvalue weighted by Crippen LogP contribution is -2.75. The molecule has 9 aromatic carbocycles. The Hall–Kier alpha value is -7.40. The zero-order valence-corrected chi connectivity index (χ0v) is 32.6. The molecule has 58 heavy (non-hydrogen) atoms. The molecule has 0 atom stereocenters. The molecule has 12 rings (SSSR count). The molecule has 0 unspecified atom stereocenters. The van der Waals surface area contributed by atoms with Crippen molar-refractivity contribution in [2.45, 2.75) is 0 Å². The van der Waals surface area contributed by atoms with Crippen LogP contribution >= 0.6 is 0 Å². The van der Waals surface area contributed by atoms with E-state index in [1.165, 1.54) is 58.8 Å². The molecule has 0 aliphatic heterocycles. The number of para-hydroxylation sites is 4. The molecule has 0 saturated heterocycles. The first-order valence-electron chi connectivity index (χ1n) is 19.9. The van der Waals surface area contributed by atoms with Gasteiger partial charge in [-0.15, -0.1) is 0 Å². The van der Waals surface area contributed by atoms with E-state index in [1.54, 1.807) is 0 Å². The highest BCUT2D eigenvalue weighted by Crippen LogP contribution is 2.40. The van der Waals surface area contributed by atoms with Crippen molar-refractivity contribution < 1.29 is 4.42 Å². The number of furan rings is 1. The minimum absolute atomic E-state index is 0.886. The molecule has 0 spiro atoms. The van der Waals surface area contributed by atoms with E-state index in [2.05, 4.69) is 221 Å². The van der Waals surface area contributed by atoms with Gasteiger partial charge in [-0.05, 0) is 63.2 Å². The summed E-state index contributed by atoms with van der Waals surface area (Å²) in [5, 5.41) is 12.6. The first-order valence-corrected chi connectivity index (χ1v) is 21.9. The minimum atomic E-state index is -2.92. The fourth-order valence-corrected chi connectivity index (χ4v) is 14.9. The van der Waals surface area contributed by atoms with Gasteiger partial charge in [-0.2, -0.15) is 0 Å². The third-order valence-electron chi connectivity index (χ3n) is 12.3. The molecule has 0 aliphatic rings. The average Bonchev–Trinajstić information content (AvgIpc) is 3.96. The molecule has 0 bridgehead atoms. The van der Waals surface area contributed by atoms with E-state index in [0.29, 0.717) is 0 Å². The van der Waals surface area contributed by atoms with Crippen molar-refractivity contribution in [3.05, 3.63) is 218 Å². The topological polar surface area (TPSA) is 23.0 Å². The molecule has 12 aromatic rings. The number of aromatic nitrogens is 2. The number of benzene rings is 9. The van der Waals surface area contributed by atoms with Gasteiger partial charge in [0.15, 0.2) is 8.07 Å². The van der Waals surface area contributed by atoms with Gasteiger partial charge in [0.05, 0.1) is 33.1 Å². The predicted molar refractivity (Wildman–Crippen MR) is 246 cm³/mol. The van der Waals surface area contributed by atoms with Crippen LogP contribution in [0.2, 0.25) is 0 Å². The van der Waals surface area contributed by atoms with Crippen molar-refractivity contribution in [3.63, 3.8) is 0 Å². The number of hydrogen-bond donors (Lipinski definition) is 0.